The third-order valence-electron chi connectivity index (χ3n) is 3.03. The van der Waals surface area contributed by atoms with E-state index >= 15 is 0 Å². The predicted octanol–water partition coefficient (Wildman–Crippen LogP) is 1.74. The Morgan fingerprint density at radius 1 is 1.30 bits per heavy atom. The second-order valence-electron chi connectivity index (χ2n) is 4.61. The van der Waals surface area contributed by atoms with Crippen molar-refractivity contribution in [2.45, 2.75) is 20.5 Å². The summed E-state index contributed by atoms with van der Waals surface area (Å²) < 4.78 is 0. The molecule has 2 aromatic rings. The highest BCUT2D eigenvalue weighted by Gasteiger charge is 2.15. The average molecular weight is 272 g/mol. The number of aliphatic hydroxyl groups excluding tert-OH is 1. The summed E-state index contributed by atoms with van der Waals surface area (Å²) in [6.45, 7) is 3.30. The molecule has 0 bridgehead atoms. The van der Waals surface area contributed by atoms with Gasteiger partial charge in [0.2, 0.25) is 0 Å². The minimum atomic E-state index is -0.482. The molecule has 0 aliphatic heterocycles. The first-order valence-corrected chi connectivity index (χ1v) is 6.23. The van der Waals surface area contributed by atoms with Gasteiger partial charge in [0.25, 0.3) is 11.5 Å². The van der Waals surface area contributed by atoms with Gasteiger partial charge in [0, 0.05) is 16.9 Å². The van der Waals surface area contributed by atoms with Crippen LogP contribution >= 0.6 is 0 Å². The van der Waals surface area contributed by atoms with Gasteiger partial charge in [0.05, 0.1) is 6.61 Å². The van der Waals surface area contributed by atoms with E-state index in [-0.39, 0.29) is 12.2 Å². The van der Waals surface area contributed by atoms with E-state index < -0.39 is 11.5 Å². The highest BCUT2D eigenvalue weighted by atomic mass is 16.3. The van der Waals surface area contributed by atoms with E-state index in [1.165, 1.54) is 0 Å². The summed E-state index contributed by atoms with van der Waals surface area (Å²) in [5, 5.41) is 11.9. The molecular weight excluding hydrogens is 256 g/mol. The number of aliphatic hydroxyl groups is 1. The second-order valence-corrected chi connectivity index (χ2v) is 4.61. The van der Waals surface area contributed by atoms with E-state index in [0.717, 1.165) is 0 Å². The molecule has 104 valence electrons. The number of aryl methyl sites for hydroxylation is 2. The van der Waals surface area contributed by atoms with Crippen molar-refractivity contribution in [2.24, 2.45) is 0 Å². The van der Waals surface area contributed by atoms with Crippen molar-refractivity contribution in [3.63, 3.8) is 0 Å². The number of carbonyl (C=O) groups is 1. The van der Waals surface area contributed by atoms with Gasteiger partial charge in [-0.25, -0.2) is 0 Å². The Balaban J connectivity index is 2.36. The van der Waals surface area contributed by atoms with E-state index in [1.807, 2.05) is 0 Å². The number of anilines is 1. The molecule has 0 spiro atoms. The number of rotatable bonds is 3. The second kappa shape index (κ2) is 5.71. The Morgan fingerprint density at radius 2 is 2.00 bits per heavy atom. The molecule has 0 fully saturated rings. The Hall–Kier alpha value is -2.40. The molecule has 1 heterocycles. The molecule has 0 atom stereocenters. The van der Waals surface area contributed by atoms with Gasteiger partial charge in [0.15, 0.2) is 0 Å². The number of benzene rings is 1. The largest absolute Gasteiger partial charge is 0.392 e. The van der Waals surface area contributed by atoms with Crippen molar-refractivity contribution in [2.75, 3.05) is 5.32 Å². The van der Waals surface area contributed by atoms with Gasteiger partial charge in [0.1, 0.15) is 5.56 Å². The van der Waals surface area contributed by atoms with Crippen LogP contribution in [0.15, 0.2) is 35.1 Å². The molecule has 0 saturated carbocycles. The van der Waals surface area contributed by atoms with E-state index in [1.54, 1.807) is 44.2 Å². The Labute approximate surface area is 116 Å². The Bertz CT molecular complexity index is 705. The third-order valence-corrected chi connectivity index (χ3v) is 3.03. The highest BCUT2D eigenvalue weighted by molar-refractivity contribution is 6.05. The quantitative estimate of drug-likeness (QED) is 0.796. The molecular formula is C15H16N2O3. The zero-order valence-electron chi connectivity index (χ0n) is 11.4. The minimum absolute atomic E-state index is 0.0864. The molecule has 5 nitrogen and oxygen atoms in total. The van der Waals surface area contributed by atoms with Gasteiger partial charge in [-0.1, -0.05) is 18.2 Å². The first-order valence-electron chi connectivity index (χ1n) is 6.23. The van der Waals surface area contributed by atoms with Crippen LogP contribution in [-0.4, -0.2) is 16.0 Å². The first kappa shape index (κ1) is 14.0. The summed E-state index contributed by atoms with van der Waals surface area (Å²) >= 11 is 0. The predicted molar refractivity (Wildman–Crippen MR) is 76.9 cm³/mol. The lowest BCUT2D eigenvalue weighted by atomic mass is 10.1. The Morgan fingerprint density at radius 3 is 2.65 bits per heavy atom. The van der Waals surface area contributed by atoms with Crippen LogP contribution in [0.2, 0.25) is 0 Å². The number of aromatic nitrogens is 1. The van der Waals surface area contributed by atoms with Crippen molar-refractivity contribution in [3.05, 3.63) is 63.1 Å². The number of nitrogens with one attached hydrogen (secondary N) is 2. The standard InChI is InChI=1S/C15H16N2O3/c1-9-7-10(2)16-14(19)13(9)15(20)17-12-6-4-3-5-11(12)8-18/h3-7,18H,8H2,1-2H3,(H,16,19)(H,17,20). The molecule has 3 N–H and O–H groups in total. The van der Waals surface area contributed by atoms with E-state index in [0.29, 0.717) is 22.5 Å². The molecule has 1 amide bonds. The summed E-state index contributed by atoms with van der Waals surface area (Å²) in [4.78, 5) is 26.7. The summed E-state index contributed by atoms with van der Waals surface area (Å²) in [5.41, 5.74) is 2.09. The zero-order chi connectivity index (χ0) is 14.7. The maximum atomic E-state index is 12.2. The van der Waals surface area contributed by atoms with Gasteiger partial charge in [-0.2, -0.15) is 0 Å². The number of aromatic amines is 1. The van der Waals surface area contributed by atoms with Gasteiger partial charge < -0.3 is 15.4 Å². The van der Waals surface area contributed by atoms with Crippen molar-refractivity contribution >= 4 is 11.6 Å². The Kier molecular flexibility index (Phi) is 4.00. The van der Waals surface area contributed by atoms with Crippen molar-refractivity contribution in [1.82, 2.24) is 4.98 Å². The lowest BCUT2D eigenvalue weighted by Crippen LogP contribution is -2.25. The molecule has 0 aliphatic rings. The van der Waals surface area contributed by atoms with Crippen LogP contribution in [0.4, 0.5) is 5.69 Å². The van der Waals surface area contributed by atoms with Crippen molar-refractivity contribution in [1.29, 1.82) is 0 Å². The maximum absolute atomic E-state index is 12.2. The summed E-state index contributed by atoms with van der Waals surface area (Å²) in [6.07, 6.45) is 0. The van der Waals surface area contributed by atoms with Gasteiger partial charge in [-0.3, -0.25) is 9.59 Å². The summed E-state index contributed by atoms with van der Waals surface area (Å²) in [6, 6.07) is 8.66. The number of hydrogen-bond donors (Lipinski definition) is 3. The lowest BCUT2D eigenvalue weighted by molar-refractivity contribution is 0.102. The topological polar surface area (TPSA) is 82.2 Å². The van der Waals surface area contributed by atoms with Crippen LogP contribution in [0.1, 0.15) is 27.2 Å². The van der Waals surface area contributed by atoms with Gasteiger partial charge >= 0.3 is 0 Å². The van der Waals surface area contributed by atoms with Gasteiger partial charge in [-0.15, -0.1) is 0 Å². The zero-order valence-corrected chi connectivity index (χ0v) is 11.4. The number of carbonyl (C=O) groups excluding carboxylic acids is 1. The number of pyridine rings is 1. The average Bonchev–Trinajstić information content (AvgIpc) is 2.38. The fourth-order valence-electron chi connectivity index (χ4n) is 2.10. The molecule has 1 aromatic carbocycles. The van der Waals surface area contributed by atoms with Crippen molar-refractivity contribution < 1.29 is 9.90 Å². The molecule has 0 radical (unpaired) electrons. The molecule has 0 saturated heterocycles. The van der Waals surface area contributed by atoms with E-state index in [4.69, 9.17) is 0 Å². The molecule has 5 heteroatoms. The number of amides is 1. The normalized spacial score (nSPS) is 10.3. The SMILES string of the molecule is Cc1cc(C)c(C(=O)Nc2ccccc2CO)c(=O)[nH]1. The van der Waals surface area contributed by atoms with Crippen LogP contribution in [0, 0.1) is 13.8 Å². The number of hydrogen-bond acceptors (Lipinski definition) is 3. The summed E-state index contributed by atoms with van der Waals surface area (Å²) in [5.74, 6) is -0.482. The molecule has 0 unspecified atom stereocenters. The first-order chi connectivity index (χ1) is 9.52. The number of para-hydroxylation sites is 1. The van der Waals surface area contributed by atoms with E-state index in [9.17, 15) is 14.7 Å². The van der Waals surface area contributed by atoms with Crippen LogP contribution < -0.4 is 10.9 Å². The van der Waals surface area contributed by atoms with Crippen molar-refractivity contribution in [3.8, 4) is 0 Å². The summed E-state index contributed by atoms with van der Waals surface area (Å²) in [7, 11) is 0. The van der Waals surface area contributed by atoms with E-state index in [2.05, 4.69) is 10.3 Å². The van der Waals surface area contributed by atoms with Crippen LogP contribution in [0.25, 0.3) is 0 Å². The fraction of sp³-hybridized carbons (Fsp3) is 0.200. The minimum Gasteiger partial charge on any atom is -0.392 e. The number of H-pyrrole nitrogens is 1. The maximum Gasteiger partial charge on any atom is 0.261 e. The smallest absolute Gasteiger partial charge is 0.261 e. The fourth-order valence-corrected chi connectivity index (χ4v) is 2.10. The highest BCUT2D eigenvalue weighted by Crippen LogP contribution is 2.16. The van der Waals surface area contributed by atoms with Crippen LogP contribution in [0.3, 0.4) is 0 Å². The third kappa shape index (κ3) is 2.78. The lowest BCUT2D eigenvalue weighted by Gasteiger charge is -2.10. The van der Waals surface area contributed by atoms with Crippen LogP contribution in [0.5, 0.6) is 0 Å². The van der Waals surface area contributed by atoms with Crippen LogP contribution in [-0.2, 0) is 6.61 Å². The van der Waals surface area contributed by atoms with Gasteiger partial charge in [-0.05, 0) is 31.5 Å². The molecule has 0 aliphatic carbocycles. The molecule has 2 rings (SSSR count). The monoisotopic (exact) mass is 272 g/mol. The molecule has 1 aromatic heterocycles. The molecule has 20 heavy (non-hydrogen) atoms.